The molecule has 1 unspecified atom stereocenters. The van der Waals surface area contributed by atoms with Gasteiger partial charge in [0.2, 0.25) is 17.6 Å². The molecule has 39 heavy (non-hydrogen) atoms. The van der Waals surface area contributed by atoms with Gasteiger partial charge in [0.15, 0.2) is 11.5 Å². The molecule has 1 aromatic heterocycles. The average Bonchev–Trinajstić information content (AvgIpc) is 3.43. The summed E-state index contributed by atoms with van der Waals surface area (Å²) in [5.41, 5.74) is 1.68. The molecule has 0 saturated carbocycles. The van der Waals surface area contributed by atoms with Crippen molar-refractivity contribution >= 4 is 17.5 Å². The van der Waals surface area contributed by atoms with Crippen molar-refractivity contribution in [1.29, 1.82) is 0 Å². The van der Waals surface area contributed by atoms with Gasteiger partial charge in [-0.2, -0.15) is 4.98 Å². The summed E-state index contributed by atoms with van der Waals surface area (Å²) in [6, 6.07) is 12.5. The Morgan fingerprint density at radius 1 is 1.10 bits per heavy atom. The Morgan fingerprint density at radius 2 is 1.92 bits per heavy atom. The molecule has 0 aliphatic carbocycles. The van der Waals surface area contributed by atoms with Crippen molar-refractivity contribution in [3.05, 3.63) is 53.9 Å². The quantitative estimate of drug-likeness (QED) is 0.334. The van der Waals surface area contributed by atoms with E-state index in [9.17, 15) is 9.59 Å². The predicted octanol–water partition coefficient (Wildman–Crippen LogP) is 3.37. The number of nitrogens with zero attached hydrogens (tertiary/aromatic N) is 3. The normalized spacial score (nSPS) is 15.5. The van der Waals surface area contributed by atoms with Crippen molar-refractivity contribution in [1.82, 2.24) is 20.4 Å². The molecule has 208 valence electrons. The molecule has 0 bridgehead atoms. The lowest BCUT2D eigenvalue weighted by molar-refractivity contribution is -0.121. The lowest BCUT2D eigenvalue weighted by Gasteiger charge is -2.31. The third kappa shape index (κ3) is 7.33. The van der Waals surface area contributed by atoms with E-state index >= 15 is 0 Å². The monoisotopic (exact) mass is 537 g/mol. The lowest BCUT2D eigenvalue weighted by atomic mass is 9.96. The number of para-hydroxylation sites is 1. The minimum absolute atomic E-state index is 0.115. The SMILES string of the molecule is COCCCNC(=O)c1ccccc1NC(=O)C1CCCN(Cc2nc(-c3ccc(OC)c(OC)c3)no2)C1. The average molecular weight is 538 g/mol. The number of piperidine rings is 1. The molecule has 4 rings (SSSR count). The first kappa shape index (κ1) is 28.1. The number of hydrogen-bond donors (Lipinski definition) is 2. The van der Waals surface area contributed by atoms with Crippen molar-refractivity contribution in [2.24, 2.45) is 5.92 Å². The van der Waals surface area contributed by atoms with E-state index < -0.39 is 0 Å². The number of methoxy groups -OCH3 is 3. The molecule has 2 aromatic carbocycles. The Labute approximate surface area is 227 Å². The minimum atomic E-state index is -0.232. The van der Waals surface area contributed by atoms with E-state index in [1.807, 2.05) is 6.07 Å². The van der Waals surface area contributed by atoms with Crippen LogP contribution < -0.4 is 20.1 Å². The van der Waals surface area contributed by atoms with Crippen LogP contribution in [-0.4, -0.2) is 74.4 Å². The second kappa shape index (κ2) is 13.7. The number of hydrogen-bond acceptors (Lipinski definition) is 9. The highest BCUT2D eigenvalue weighted by atomic mass is 16.5. The predicted molar refractivity (Wildman–Crippen MR) is 145 cm³/mol. The van der Waals surface area contributed by atoms with Crippen LogP contribution in [0.3, 0.4) is 0 Å². The number of aromatic nitrogens is 2. The van der Waals surface area contributed by atoms with Gasteiger partial charge < -0.3 is 29.4 Å². The van der Waals surface area contributed by atoms with Crippen LogP contribution in [0.15, 0.2) is 47.0 Å². The largest absolute Gasteiger partial charge is 0.493 e. The zero-order valence-electron chi connectivity index (χ0n) is 22.6. The Hall–Kier alpha value is -3.96. The fourth-order valence-electron chi connectivity index (χ4n) is 4.55. The van der Waals surface area contributed by atoms with Crippen LogP contribution in [0.5, 0.6) is 11.5 Å². The van der Waals surface area contributed by atoms with Gasteiger partial charge in [0.25, 0.3) is 5.91 Å². The molecule has 11 nitrogen and oxygen atoms in total. The summed E-state index contributed by atoms with van der Waals surface area (Å²) in [7, 11) is 4.78. The first-order valence-corrected chi connectivity index (χ1v) is 13.0. The van der Waals surface area contributed by atoms with Crippen molar-refractivity contribution in [3.63, 3.8) is 0 Å². The zero-order valence-corrected chi connectivity index (χ0v) is 22.6. The van der Waals surface area contributed by atoms with Gasteiger partial charge in [-0.1, -0.05) is 17.3 Å². The lowest BCUT2D eigenvalue weighted by Crippen LogP contribution is -2.40. The molecule has 2 heterocycles. The number of benzene rings is 2. The minimum Gasteiger partial charge on any atom is -0.493 e. The fraction of sp³-hybridized carbons (Fsp3) is 0.429. The van der Waals surface area contributed by atoms with Crippen LogP contribution in [0, 0.1) is 5.92 Å². The van der Waals surface area contributed by atoms with Crippen molar-refractivity contribution in [3.8, 4) is 22.9 Å². The molecule has 1 aliphatic heterocycles. The third-order valence-electron chi connectivity index (χ3n) is 6.59. The molecule has 2 amide bonds. The summed E-state index contributed by atoms with van der Waals surface area (Å²) >= 11 is 0. The van der Waals surface area contributed by atoms with E-state index in [4.69, 9.17) is 18.7 Å². The summed E-state index contributed by atoms with van der Waals surface area (Å²) in [5, 5.41) is 9.96. The molecule has 3 aromatic rings. The van der Waals surface area contributed by atoms with E-state index in [1.165, 1.54) is 0 Å². The first-order valence-electron chi connectivity index (χ1n) is 13.0. The Balaban J connectivity index is 1.35. The topological polar surface area (TPSA) is 128 Å². The smallest absolute Gasteiger partial charge is 0.253 e. The third-order valence-corrected chi connectivity index (χ3v) is 6.59. The van der Waals surface area contributed by atoms with Gasteiger partial charge in [0.1, 0.15) is 0 Å². The van der Waals surface area contributed by atoms with Crippen LogP contribution >= 0.6 is 0 Å². The van der Waals surface area contributed by atoms with Crippen molar-refractivity contribution < 1.29 is 28.3 Å². The van der Waals surface area contributed by atoms with Gasteiger partial charge in [-0.3, -0.25) is 14.5 Å². The maximum atomic E-state index is 13.2. The molecule has 0 radical (unpaired) electrons. The summed E-state index contributed by atoms with van der Waals surface area (Å²) < 4.78 is 21.2. The van der Waals surface area contributed by atoms with E-state index in [0.717, 1.165) is 24.9 Å². The van der Waals surface area contributed by atoms with Crippen molar-refractivity contribution in [2.45, 2.75) is 25.8 Å². The maximum Gasteiger partial charge on any atom is 0.253 e. The van der Waals surface area contributed by atoms with Gasteiger partial charge in [-0.15, -0.1) is 0 Å². The zero-order chi connectivity index (χ0) is 27.6. The second-order valence-corrected chi connectivity index (χ2v) is 9.29. The van der Waals surface area contributed by atoms with Crippen LogP contribution in [0.25, 0.3) is 11.4 Å². The number of carbonyl (C=O) groups excluding carboxylic acids is 2. The van der Waals surface area contributed by atoms with Crippen LogP contribution in [-0.2, 0) is 16.1 Å². The Morgan fingerprint density at radius 3 is 2.72 bits per heavy atom. The number of rotatable bonds is 12. The number of anilines is 1. The van der Waals surface area contributed by atoms with Gasteiger partial charge in [-0.05, 0) is 56.1 Å². The number of ether oxygens (including phenoxy) is 3. The first-order chi connectivity index (χ1) is 19.0. The van der Waals surface area contributed by atoms with E-state index in [2.05, 4.69) is 25.7 Å². The molecule has 2 N–H and O–H groups in total. The maximum absolute atomic E-state index is 13.2. The highest BCUT2D eigenvalue weighted by Gasteiger charge is 2.28. The molecule has 1 atom stereocenters. The van der Waals surface area contributed by atoms with Gasteiger partial charge in [0, 0.05) is 32.4 Å². The highest BCUT2D eigenvalue weighted by molar-refractivity contribution is 6.04. The molecule has 1 saturated heterocycles. The summed E-state index contributed by atoms with van der Waals surface area (Å²) in [6.45, 7) is 2.86. The molecule has 1 aliphatic rings. The second-order valence-electron chi connectivity index (χ2n) is 9.29. The summed E-state index contributed by atoms with van der Waals surface area (Å²) in [5.74, 6) is 1.55. The number of carbonyl (C=O) groups is 2. The number of nitrogens with one attached hydrogen (secondary N) is 2. The van der Waals surface area contributed by atoms with E-state index in [1.54, 1.807) is 57.7 Å². The molecular weight excluding hydrogens is 502 g/mol. The van der Waals surface area contributed by atoms with Gasteiger partial charge in [0.05, 0.1) is 37.9 Å². The Kier molecular flexibility index (Phi) is 9.87. The van der Waals surface area contributed by atoms with Crippen LogP contribution in [0.1, 0.15) is 35.5 Å². The van der Waals surface area contributed by atoms with Crippen molar-refractivity contribution in [2.75, 3.05) is 52.9 Å². The number of amides is 2. The molecule has 0 spiro atoms. The Bertz CT molecular complexity index is 1260. The standard InChI is InChI=1S/C28H35N5O6/c1-36-15-7-13-29-28(35)21-9-4-5-10-22(21)30-27(34)20-8-6-14-33(17-20)18-25-31-26(32-39-25)19-11-12-23(37-2)24(16-19)38-3/h4-5,9-12,16,20H,6-8,13-15,17-18H2,1-3H3,(H,29,35)(H,30,34). The molecule has 11 heteroatoms. The number of likely N-dealkylation sites (tertiary alicyclic amines) is 1. The van der Waals surface area contributed by atoms with Gasteiger partial charge in [-0.25, -0.2) is 0 Å². The van der Waals surface area contributed by atoms with E-state index in [0.29, 0.717) is 67.1 Å². The van der Waals surface area contributed by atoms with E-state index in [-0.39, 0.29) is 17.7 Å². The summed E-state index contributed by atoms with van der Waals surface area (Å²) in [4.78, 5) is 32.5. The van der Waals surface area contributed by atoms with Gasteiger partial charge >= 0.3 is 0 Å². The fourth-order valence-corrected chi connectivity index (χ4v) is 4.55. The highest BCUT2D eigenvalue weighted by Crippen LogP contribution is 2.31. The molecular formula is C28H35N5O6. The summed E-state index contributed by atoms with van der Waals surface area (Å²) in [6.07, 6.45) is 2.33. The molecule has 1 fully saturated rings. The van der Waals surface area contributed by atoms with Crippen LogP contribution in [0.4, 0.5) is 5.69 Å². The van der Waals surface area contributed by atoms with Crippen LogP contribution in [0.2, 0.25) is 0 Å².